The highest BCUT2D eigenvalue weighted by molar-refractivity contribution is 7.09. The lowest BCUT2D eigenvalue weighted by Gasteiger charge is -2.25. The molecular formula is C12H20ClN3S. The van der Waals surface area contributed by atoms with Gasteiger partial charge in [-0.25, -0.2) is 4.98 Å². The molecule has 0 amide bonds. The number of thiazole rings is 1. The maximum atomic E-state index is 5.76. The molecule has 0 bridgehead atoms. The highest BCUT2D eigenvalue weighted by Gasteiger charge is 2.22. The molecular weight excluding hydrogens is 254 g/mol. The molecule has 0 aromatic carbocycles. The highest BCUT2D eigenvalue weighted by Crippen LogP contribution is 2.17. The molecule has 0 aliphatic carbocycles. The SMILES string of the molecule is CN(Cc1nc(CCl)cs1)CC1CCCN1C. The van der Waals surface area contributed by atoms with Gasteiger partial charge in [-0.05, 0) is 33.5 Å². The monoisotopic (exact) mass is 273 g/mol. The molecule has 2 heterocycles. The molecule has 1 fully saturated rings. The van der Waals surface area contributed by atoms with Crippen LogP contribution in [0.3, 0.4) is 0 Å². The van der Waals surface area contributed by atoms with Gasteiger partial charge >= 0.3 is 0 Å². The zero-order valence-electron chi connectivity index (χ0n) is 10.5. The van der Waals surface area contributed by atoms with E-state index in [-0.39, 0.29) is 0 Å². The standard InChI is InChI=1S/C12H20ClN3S/c1-15(7-11-4-3-5-16(11)2)8-12-14-10(6-13)9-17-12/h9,11H,3-8H2,1-2H3. The van der Waals surface area contributed by atoms with Crippen LogP contribution >= 0.6 is 22.9 Å². The number of likely N-dealkylation sites (tertiary alicyclic amines) is 1. The molecule has 17 heavy (non-hydrogen) atoms. The van der Waals surface area contributed by atoms with Gasteiger partial charge in [0.15, 0.2) is 0 Å². The minimum Gasteiger partial charge on any atom is -0.302 e. The number of nitrogens with zero attached hydrogens (tertiary/aromatic N) is 3. The molecule has 1 aliphatic heterocycles. The zero-order chi connectivity index (χ0) is 12.3. The van der Waals surface area contributed by atoms with Crippen LogP contribution in [0.4, 0.5) is 0 Å². The van der Waals surface area contributed by atoms with Crippen molar-refractivity contribution in [2.45, 2.75) is 31.3 Å². The molecule has 0 spiro atoms. The summed E-state index contributed by atoms with van der Waals surface area (Å²) in [6.45, 7) is 3.31. The Kier molecular flexibility index (Phi) is 4.79. The van der Waals surface area contributed by atoms with E-state index < -0.39 is 0 Å². The number of likely N-dealkylation sites (N-methyl/N-ethyl adjacent to an activating group) is 2. The van der Waals surface area contributed by atoms with Gasteiger partial charge in [-0.15, -0.1) is 22.9 Å². The van der Waals surface area contributed by atoms with Gasteiger partial charge in [0.2, 0.25) is 0 Å². The predicted molar refractivity (Wildman–Crippen MR) is 73.7 cm³/mol. The van der Waals surface area contributed by atoms with E-state index in [2.05, 4.69) is 34.3 Å². The van der Waals surface area contributed by atoms with Crippen molar-refractivity contribution >= 4 is 22.9 Å². The Morgan fingerprint density at radius 3 is 3.06 bits per heavy atom. The van der Waals surface area contributed by atoms with Crippen LogP contribution in [-0.4, -0.2) is 48.0 Å². The lowest BCUT2D eigenvalue weighted by atomic mass is 10.2. The molecule has 1 aliphatic rings. The molecule has 1 saturated heterocycles. The fraction of sp³-hybridized carbons (Fsp3) is 0.750. The first-order valence-corrected chi connectivity index (χ1v) is 7.48. The summed E-state index contributed by atoms with van der Waals surface area (Å²) in [5.41, 5.74) is 0.998. The first-order chi connectivity index (χ1) is 8.19. The van der Waals surface area contributed by atoms with Gasteiger partial charge in [0, 0.05) is 18.0 Å². The number of rotatable bonds is 5. The predicted octanol–water partition coefficient (Wildman–Crippen LogP) is 2.41. The lowest BCUT2D eigenvalue weighted by molar-refractivity contribution is 0.215. The number of hydrogen-bond donors (Lipinski definition) is 0. The van der Waals surface area contributed by atoms with Crippen LogP contribution < -0.4 is 0 Å². The molecule has 0 radical (unpaired) electrons. The van der Waals surface area contributed by atoms with Crippen LogP contribution in [0.2, 0.25) is 0 Å². The van der Waals surface area contributed by atoms with E-state index in [9.17, 15) is 0 Å². The Balaban J connectivity index is 1.82. The summed E-state index contributed by atoms with van der Waals surface area (Å²) in [7, 11) is 4.40. The van der Waals surface area contributed by atoms with Crippen LogP contribution in [0.15, 0.2) is 5.38 Å². The Morgan fingerprint density at radius 2 is 2.47 bits per heavy atom. The van der Waals surface area contributed by atoms with Crippen LogP contribution in [0.25, 0.3) is 0 Å². The molecule has 96 valence electrons. The quantitative estimate of drug-likeness (QED) is 0.768. The minimum atomic E-state index is 0.519. The molecule has 1 atom stereocenters. The summed E-state index contributed by atoms with van der Waals surface area (Å²) in [4.78, 5) is 9.32. The van der Waals surface area contributed by atoms with E-state index in [0.29, 0.717) is 11.9 Å². The smallest absolute Gasteiger partial charge is 0.107 e. The Hall–Kier alpha value is -0.160. The van der Waals surface area contributed by atoms with Crippen molar-refractivity contribution < 1.29 is 0 Å². The third kappa shape index (κ3) is 3.65. The van der Waals surface area contributed by atoms with Crippen LogP contribution in [0, 0.1) is 0 Å². The van der Waals surface area contributed by atoms with E-state index in [0.717, 1.165) is 18.8 Å². The summed E-state index contributed by atoms with van der Waals surface area (Å²) in [6.07, 6.45) is 2.66. The summed E-state index contributed by atoms with van der Waals surface area (Å²) < 4.78 is 0. The zero-order valence-corrected chi connectivity index (χ0v) is 12.1. The Morgan fingerprint density at radius 1 is 1.65 bits per heavy atom. The molecule has 0 saturated carbocycles. The van der Waals surface area contributed by atoms with Crippen molar-refractivity contribution in [3.05, 3.63) is 16.1 Å². The molecule has 2 rings (SSSR count). The van der Waals surface area contributed by atoms with Crippen molar-refractivity contribution in [1.29, 1.82) is 0 Å². The van der Waals surface area contributed by atoms with E-state index in [1.54, 1.807) is 11.3 Å². The van der Waals surface area contributed by atoms with Gasteiger partial charge in [0.05, 0.1) is 18.1 Å². The maximum Gasteiger partial charge on any atom is 0.107 e. The number of hydrogen-bond acceptors (Lipinski definition) is 4. The van der Waals surface area contributed by atoms with Crippen molar-refractivity contribution in [3.63, 3.8) is 0 Å². The summed E-state index contributed by atoms with van der Waals surface area (Å²) >= 11 is 7.47. The van der Waals surface area contributed by atoms with Gasteiger partial charge in [0.25, 0.3) is 0 Å². The Labute approximate surface area is 112 Å². The molecule has 5 heteroatoms. The fourth-order valence-corrected chi connectivity index (χ4v) is 3.45. The normalized spacial score (nSPS) is 21.5. The van der Waals surface area contributed by atoms with Gasteiger partial charge in [-0.2, -0.15) is 0 Å². The largest absolute Gasteiger partial charge is 0.302 e. The fourth-order valence-electron chi connectivity index (χ4n) is 2.35. The molecule has 0 N–H and O–H groups in total. The van der Waals surface area contributed by atoms with Gasteiger partial charge in [0.1, 0.15) is 5.01 Å². The minimum absolute atomic E-state index is 0.519. The third-order valence-corrected chi connectivity index (χ3v) is 4.49. The first kappa shape index (κ1) is 13.3. The van der Waals surface area contributed by atoms with Crippen LogP contribution in [0.1, 0.15) is 23.5 Å². The van der Waals surface area contributed by atoms with E-state index in [4.69, 9.17) is 11.6 Å². The van der Waals surface area contributed by atoms with Crippen LogP contribution in [-0.2, 0) is 12.4 Å². The van der Waals surface area contributed by atoms with Crippen molar-refractivity contribution in [2.75, 3.05) is 27.2 Å². The van der Waals surface area contributed by atoms with Gasteiger partial charge < -0.3 is 4.90 Å². The lowest BCUT2D eigenvalue weighted by Crippen LogP contribution is -2.36. The number of aromatic nitrogens is 1. The average molecular weight is 274 g/mol. The summed E-state index contributed by atoms with van der Waals surface area (Å²) in [6, 6.07) is 0.715. The van der Waals surface area contributed by atoms with Crippen molar-refractivity contribution in [1.82, 2.24) is 14.8 Å². The molecule has 1 aromatic heterocycles. The van der Waals surface area contributed by atoms with Crippen molar-refractivity contribution in [3.8, 4) is 0 Å². The van der Waals surface area contributed by atoms with E-state index >= 15 is 0 Å². The number of alkyl halides is 1. The van der Waals surface area contributed by atoms with E-state index in [1.165, 1.54) is 24.4 Å². The van der Waals surface area contributed by atoms with E-state index in [1.807, 2.05) is 0 Å². The first-order valence-electron chi connectivity index (χ1n) is 6.07. The van der Waals surface area contributed by atoms with Gasteiger partial charge in [-0.1, -0.05) is 0 Å². The highest BCUT2D eigenvalue weighted by atomic mass is 35.5. The second-order valence-corrected chi connectivity index (χ2v) is 6.05. The molecule has 1 unspecified atom stereocenters. The second kappa shape index (κ2) is 6.14. The van der Waals surface area contributed by atoms with Crippen LogP contribution in [0.5, 0.6) is 0 Å². The number of halogens is 1. The molecule has 1 aromatic rings. The van der Waals surface area contributed by atoms with Crippen molar-refractivity contribution in [2.24, 2.45) is 0 Å². The molecule has 3 nitrogen and oxygen atoms in total. The summed E-state index contributed by atoms with van der Waals surface area (Å²) in [5.74, 6) is 0.519. The summed E-state index contributed by atoms with van der Waals surface area (Å²) in [5, 5.41) is 3.22. The second-order valence-electron chi connectivity index (χ2n) is 4.84. The van der Waals surface area contributed by atoms with Gasteiger partial charge in [-0.3, -0.25) is 4.90 Å². The maximum absolute atomic E-state index is 5.76. The average Bonchev–Trinajstić information content (AvgIpc) is 2.89. The Bertz CT molecular complexity index is 355. The topological polar surface area (TPSA) is 19.4 Å². The third-order valence-electron chi connectivity index (χ3n) is 3.34.